The van der Waals surface area contributed by atoms with Gasteiger partial charge in [0, 0.05) is 18.8 Å². The molecule has 152 valence electrons. The fourth-order valence-corrected chi connectivity index (χ4v) is 4.34. The van der Waals surface area contributed by atoms with Crippen molar-refractivity contribution in [2.45, 2.75) is 19.2 Å². The molecular formula is C20H18F3N3O2S. The van der Waals surface area contributed by atoms with Gasteiger partial charge in [0.25, 0.3) is 0 Å². The lowest BCUT2D eigenvalue weighted by Crippen LogP contribution is -2.40. The Morgan fingerprint density at radius 2 is 1.93 bits per heavy atom. The van der Waals surface area contributed by atoms with Crippen LogP contribution in [0.1, 0.15) is 12.8 Å². The van der Waals surface area contributed by atoms with Crippen molar-refractivity contribution < 1.29 is 22.7 Å². The number of para-hydroxylation sites is 1. The topological polar surface area (TPSA) is 54.5 Å². The van der Waals surface area contributed by atoms with E-state index in [1.54, 1.807) is 11.3 Å². The SMILES string of the molecule is O=C(Nc1ccc(OC(F)(F)F)cc1)C1CCCN(c2nc3ccccc3s2)C1. The van der Waals surface area contributed by atoms with E-state index >= 15 is 0 Å². The van der Waals surface area contributed by atoms with Gasteiger partial charge in [-0.1, -0.05) is 23.5 Å². The number of hydrogen-bond donors (Lipinski definition) is 1. The van der Waals surface area contributed by atoms with E-state index in [-0.39, 0.29) is 17.6 Å². The van der Waals surface area contributed by atoms with E-state index < -0.39 is 6.36 Å². The summed E-state index contributed by atoms with van der Waals surface area (Å²) in [6, 6.07) is 13.1. The summed E-state index contributed by atoms with van der Waals surface area (Å²) in [5, 5.41) is 3.68. The molecule has 4 rings (SSSR count). The highest BCUT2D eigenvalue weighted by molar-refractivity contribution is 7.22. The molecule has 29 heavy (non-hydrogen) atoms. The molecular weight excluding hydrogens is 403 g/mol. The van der Waals surface area contributed by atoms with Gasteiger partial charge >= 0.3 is 6.36 Å². The highest BCUT2D eigenvalue weighted by atomic mass is 32.1. The van der Waals surface area contributed by atoms with E-state index in [9.17, 15) is 18.0 Å². The van der Waals surface area contributed by atoms with Gasteiger partial charge in [-0.05, 0) is 49.2 Å². The van der Waals surface area contributed by atoms with Crippen LogP contribution in [0.15, 0.2) is 48.5 Å². The van der Waals surface area contributed by atoms with Crippen molar-refractivity contribution in [3.63, 3.8) is 0 Å². The van der Waals surface area contributed by atoms with Crippen molar-refractivity contribution in [3.8, 4) is 5.75 Å². The molecule has 3 aromatic rings. The molecule has 1 aromatic heterocycles. The number of benzene rings is 2. The number of nitrogens with zero attached hydrogens (tertiary/aromatic N) is 2. The minimum absolute atomic E-state index is 0.152. The Morgan fingerprint density at radius 3 is 2.66 bits per heavy atom. The summed E-state index contributed by atoms with van der Waals surface area (Å²) in [4.78, 5) is 19.4. The molecule has 1 unspecified atom stereocenters. The largest absolute Gasteiger partial charge is 0.573 e. The van der Waals surface area contributed by atoms with E-state index in [0.717, 1.165) is 34.7 Å². The van der Waals surface area contributed by atoms with Crippen molar-refractivity contribution in [2.75, 3.05) is 23.3 Å². The summed E-state index contributed by atoms with van der Waals surface area (Å²) in [5.74, 6) is -0.697. The molecule has 1 aliphatic rings. The van der Waals surface area contributed by atoms with Gasteiger partial charge in [0.05, 0.1) is 16.1 Å². The molecule has 1 N–H and O–H groups in total. The lowest BCUT2D eigenvalue weighted by atomic mass is 9.97. The number of alkyl halides is 3. The second-order valence-electron chi connectivity index (χ2n) is 6.81. The maximum Gasteiger partial charge on any atom is 0.573 e. The number of fused-ring (bicyclic) bond motifs is 1. The molecule has 0 bridgehead atoms. The van der Waals surface area contributed by atoms with Gasteiger partial charge in [0.1, 0.15) is 5.75 Å². The van der Waals surface area contributed by atoms with Crippen LogP contribution in [0.5, 0.6) is 5.75 Å². The normalized spacial score (nSPS) is 17.3. The maximum atomic E-state index is 12.7. The second kappa shape index (κ2) is 7.90. The monoisotopic (exact) mass is 421 g/mol. The quantitative estimate of drug-likeness (QED) is 0.641. The van der Waals surface area contributed by atoms with Crippen LogP contribution in [0.2, 0.25) is 0 Å². The molecule has 0 spiro atoms. The molecule has 1 aliphatic heterocycles. The van der Waals surface area contributed by atoms with Crippen molar-refractivity contribution in [1.29, 1.82) is 0 Å². The van der Waals surface area contributed by atoms with E-state index in [1.165, 1.54) is 24.3 Å². The number of aromatic nitrogens is 1. The smallest absolute Gasteiger partial charge is 0.406 e. The molecule has 1 fully saturated rings. The lowest BCUT2D eigenvalue weighted by Gasteiger charge is -2.31. The molecule has 9 heteroatoms. The van der Waals surface area contributed by atoms with Crippen molar-refractivity contribution in [2.24, 2.45) is 5.92 Å². The van der Waals surface area contributed by atoms with Gasteiger partial charge in [0.15, 0.2) is 5.13 Å². The highest BCUT2D eigenvalue weighted by Crippen LogP contribution is 2.32. The third-order valence-corrected chi connectivity index (χ3v) is 5.80. The van der Waals surface area contributed by atoms with Gasteiger partial charge in [-0.15, -0.1) is 13.2 Å². The third-order valence-electron chi connectivity index (χ3n) is 4.70. The zero-order valence-electron chi connectivity index (χ0n) is 15.3. The molecule has 0 radical (unpaired) electrons. The molecule has 0 aliphatic carbocycles. The summed E-state index contributed by atoms with van der Waals surface area (Å²) < 4.78 is 41.7. The Morgan fingerprint density at radius 1 is 1.17 bits per heavy atom. The fraction of sp³-hybridized carbons (Fsp3) is 0.300. The number of carbonyl (C=O) groups is 1. The first-order valence-corrected chi connectivity index (χ1v) is 9.96. The van der Waals surface area contributed by atoms with Crippen LogP contribution in [0.3, 0.4) is 0 Å². The molecule has 1 amide bonds. The van der Waals surface area contributed by atoms with E-state index in [2.05, 4.69) is 19.9 Å². The van der Waals surface area contributed by atoms with Crippen LogP contribution in [0.4, 0.5) is 24.0 Å². The first kappa shape index (κ1) is 19.5. The fourth-order valence-electron chi connectivity index (χ4n) is 3.34. The number of piperidine rings is 1. The van der Waals surface area contributed by atoms with Gasteiger partial charge < -0.3 is 15.0 Å². The molecule has 1 saturated heterocycles. The van der Waals surface area contributed by atoms with Crippen molar-refractivity contribution in [3.05, 3.63) is 48.5 Å². The molecule has 0 saturated carbocycles. The van der Waals surface area contributed by atoms with Crippen molar-refractivity contribution >= 4 is 38.3 Å². The lowest BCUT2D eigenvalue weighted by molar-refractivity contribution is -0.274. The van der Waals surface area contributed by atoms with Gasteiger partial charge in [0.2, 0.25) is 5.91 Å². The summed E-state index contributed by atoms with van der Waals surface area (Å²) >= 11 is 1.60. The summed E-state index contributed by atoms with van der Waals surface area (Å²) in [6.45, 7) is 1.40. The first-order valence-electron chi connectivity index (χ1n) is 9.14. The van der Waals surface area contributed by atoms with Crippen LogP contribution < -0.4 is 15.0 Å². The number of carbonyl (C=O) groups excluding carboxylic acids is 1. The Bertz CT molecular complexity index is 971. The zero-order chi connectivity index (χ0) is 20.4. The van der Waals surface area contributed by atoms with Crippen LogP contribution in [-0.2, 0) is 4.79 Å². The average molecular weight is 421 g/mol. The van der Waals surface area contributed by atoms with Crippen LogP contribution >= 0.6 is 11.3 Å². The number of rotatable bonds is 4. The number of halogens is 3. The highest BCUT2D eigenvalue weighted by Gasteiger charge is 2.31. The Balaban J connectivity index is 1.39. The maximum absolute atomic E-state index is 12.7. The number of ether oxygens (including phenoxy) is 1. The molecule has 2 heterocycles. The Labute approximate surface area is 169 Å². The van der Waals surface area contributed by atoms with Crippen LogP contribution in [-0.4, -0.2) is 30.3 Å². The van der Waals surface area contributed by atoms with E-state index in [4.69, 9.17) is 0 Å². The number of nitrogens with one attached hydrogen (secondary N) is 1. The minimum Gasteiger partial charge on any atom is -0.406 e. The Kier molecular flexibility index (Phi) is 5.31. The van der Waals surface area contributed by atoms with Crippen molar-refractivity contribution in [1.82, 2.24) is 4.98 Å². The van der Waals surface area contributed by atoms with Gasteiger partial charge in [-0.3, -0.25) is 4.79 Å². The van der Waals surface area contributed by atoms with Gasteiger partial charge in [-0.2, -0.15) is 0 Å². The average Bonchev–Trinajstić information content (AvgIpc) is 3.13. The molecule has 5 nitrogen and oxygen atoms in total. The molecule has 2 aromatic carbocycles. The predicted octanol–water partition coefficient (Wildman–Crippen LogP) is 5.05. The first-order chi connectivity index (χ1) is 13.9. The summed E-state index contributed by atoms with van der Waals surface area (Å²) in [7, 11) is 0. The minimum atomic E-state index is -4.74. The number of thiazole rings is 1. The van der Waals surface area contributed by atoms with Gasteiger partial charge in [-0.25, -0.2) is 4.98 Å². The number of hydrogen-bond acceptors (Lipinski definition) is 5. The van der Waals surface area contributed by atoms with Crippen LogP contribution in [0, 0.1) is 5.92 Å². The summed E-state index contributed by atoms with van der Waals surface area (Å²) in [5.41, 5.74) is 1.38. The van der Waals surface area contributed by atoms with E-state index in [1.807, 2.05) is 24.3 Å². The number of amides is 1. The second-order valence-corrected chi connectivity index (χ2v) is 7.82. The Hall–Kier alpha value is -2.81. The molecule has 1 atom stereocenters. The zero-order valence-corrected chi connectivity index (χ0v) is 16.1. The predicted molar refractivity (Wildman–Crippen MR) is 106 cm³/mol. The third kappa shape index (κ3) is 4.79. The standard InChI is InChI=1S/C20H18F3N3O2S/c21-20(22,23)28-15-9-7-14(8-10-15)24-18(27)13-4-3-11-26(12-13)19-25-16-5-1-2-6-17(16)29-19/h1-2,5-10,13H,3-4,11-12H2,(H,24,27). The number of anilines is 2. The summed E-state index contributed by atoms with van der Waals surface area (Å²) in [6.07, 6.45) is -3.12. The van der Waals surface area contributed by atoms with E-state index in [0.29, 0.717) is 12.2 Å². The van der Waals surface area contributed by atoms with Crippen LogP contribution in [0.25, 0.3) is 10.2 Å².